The summed E-state index contributed by atoms with van der Waals surface area (Å²) in [5.74, 6) is 0.643. The molecular formula is C17H16F3NO5S. The third-order valence-electron chi connectivity index (χ3n) is 3.78. The lowest BCUT2D eigenvalue weighted by Crippen LogP contribution is -2.26. The van der Waals surface area contributed by atoms with E-state index in [4.69, 9.17) is 9.47 Å². The highest BCUT2D eigenvalue weighted by atomic mass is 32.2. The Bertz CT molecular complexity index is 913. The molecular weight excluding hydrogens is 387 g/mol. The second kappa shape index (κ2) is 7.28. The number of ether oxygens (including phenoxy) is 3. The van der Waals surface area contributed by atoms with Crippen molar-refractivity contribution in [2.24, 2.45) is 0 Å². The summed E-state index contributed by atoms with van der Waals surface area (Å²) in [5.41, 5.74) is 0.683. The van der Waals surface area contributed by atoms with Crippen molar-refractivity contribution >= 4 is 10.0 Å². The molecule has 1 aliphatic heterocycles. The second-order valence-corrected chi connectivity index (χ2v) is 7.80. The molecule has 0 saturated carbocycles. The number of benzene rings is 2. The molecule has 1 aliphatic rings. The zero-order chi connectivity index (χ0) is 19.7. The van der Waals surface area contributed by atoms with Crippen LogP contribution < -0.4 is 14.2 Å². The molecule has 0 bridgehead atoms. The summed E-state index contributed by atoms with van der Waals surface area (Å²) in [6, 6.07) is 9.16. The van der Waals surface area contributed by atoms with E-state index in [-0.39, 0.29) is 11.4 Å². The van der Waals surface area contributed by atoms with Gasteiger partial charge in [0.2, 0.25) is 10.0 Å². The Morgan fingerprint density at radius 1 is 1.04 bits per heavy atom. The van der Waals surface area contributed by atoms with E-state index in [1.807, 2.05) is 0 Å². The Kier molecular flexibility index (Phi) is 5.20. The summed E-state index contributed by atoms with van der Waals surface area (Å²) in [7, 11) is -2.51. The highest BCUT2D eigenvalue weighted by Crippen LogP contribution is 2.31. The van der Waals surface area contributed by atoms with Gasteiger partial charge in [0.25, 0.3) is 0 Å². The fourth-order valence-electron chi connectivity index (χ4n) is 2.52. The monoisotopic (exact) mass is 403 g/mol. The Labute approximate surface area is 154 Å². The van der Waals surface area contributed by atoms with E-state index in [0.29, 0.717) is 30.3 Å². The molecule has 1 heterocycles. The fourth-order valence-corrected chi connectivity index (χ4v) is 3.68. The Balaban J connectivity index is 1.74. The minimum absolute atomic E-state index is 0.0553. The van der Waals surface area contributed by atoms with Gasteiger partial charge in [-0.25, -0.2) is 8.42 Å². The van der Waals surface area contributed by atoms with Crippen molar-refractivity contribution in [3.05, 3.63) is 48.0 Å². The van der Waals surface area contributed by atoms with Crippen LogP contribution in [0.25, 0.3) is 0 Å². The van der Waals surface area contributed by atoms with Crippen molar-refractivity contribution in [1.29, 1.82) is 0 Å². The first-order valence-corrected chi connectivity index (χ1v) is 9.30. The molecule has 0 spiro atoms. The Morgan fingerprint density at radius 2 is 1.67 bits per heavy atom. The van der Waals surface area contributed by atoms with Crippen molar-refractivity contribution in [2.45, 2.75) is 17.8 Å². The van der Waals surface area contributed by atoms with Gasteiger partial charge in [0.1, 0.15) is 19.0 Å². The molecule has 0 unspecified atom stereocenters. The molecule has 0 aliphatic carbocycles. The van der Waals surface area contributed by atoms with Crippen LogP contribution in [0, 0.1) is 0 Å². The van der Waals surface area contributed by atoms with Crippen molar-refractivity contribution in [1.82, 2.24) is 4.31 Å². The second-order valence-electron chi connectivity index (χ2n) is 5.76. The maximum Gasteiger partial charge on any atom is 0.573 e. The van der Waals surface area contributed by atoms with E-state index in [1.54, 1.807) is 18.2 Å². The molecule has 6 nitrogen and oxygen atoms in total. The van der Waals surface area contributed by atoms with Crippen LogP contribution >= 0.6 is 0 Å². The highest BCUT2D eigenvalue weighted by molar-refractivity contribution is 7.89. The lowest BCUT2D eigenvalue weighted by atomic mass is 10.2. The third kappa shape index (κ3) is 4.64. The molecule has 2 aromatic rings. The highest BCUT2D eigenvalue weighted by Gasteiger charge is 2.31. The third-order valence-corrected chi connectivity index (χ3v) is 5.59. The summed E-state index contributed by atoms with van der Waals surface area (Å²) in [4.78, 5) is -0.142. The van der Waals surface area contributed by atoms with Crippen molar-refractivity contribution in [3.8, 4) is 17.2 Å². The lowest BCUT2D eigenvalue weighted by molar-refractivity contribution is -0.274. The van der Waals surface area contributed by atoms with Gasteiger partial charge in [-0.15, -0.1) is 13.2 Å². The van der Waals surface area contributed by atoms with Gasteiger partial charge >= 0.3 is 6.36 Å². The van der Waals surface area contributed by atoms with Crippen LogP contribution in [0.15, 0.2) is 47.4 Å². The molecule has 27 heavy (non-hydrogen) atoms. The number of fused-ring (bicyclic) bond motifs is 1. The first-order chi connectivity index (χ1) is 12.6. The molecule has 146 valence electrons. The summed E-state index contributed by atoms with van der Waals surface area (Å²) < 4.78 is 77.6. The molecule has 0 fully saturated rings. The van der Waals surface area contributed by atoms with E-state index in [0.717, 1.165) is 28.6 Å². The van der Waals surface area contributed by atoms with Crippen LogP contribution in [0.3, 0.4) is 0 Å². The van der Waals surface area contributed by atoms with Crippen molar-refractivity contribution in [3.63, 3.8) is 0 Å². The van der Waals surface area contributed by atoms with Gasteiger partial charge in [0.05, 0.1) is 4.90 Å². The molecule has 0 amide bonds. The van der Waals surface area contributed by atoms with E-state index in [2.05, 4.69) is 4.74 Å². The van der Waals surface area contributed by atoms with Gasteiger partial charge in [-0.2, -0.15) is 4.31 Å². The largest absolute Gasteiger partial charge is 0.573 e. The predicted molar refractivity (Wildman–Crippen MR) is 89.2 cm³/mol. The summed E-state index contributed by atoms with van der Waals surface area (Å²) in [6.45, 7) is 0.922. The minimum Gasteiger partial charge on any atom is -0.486 e. The molecule has 0 atom stereocenters. The Hall–Kier alpha value is -2.46. The number of nitrogens with zero attached hydrogens (tertiary/aromatic N) is 1. The van der Waals surface area contributed by atoms with Crippen molar-refractivity contribution in [2.75, 3.05) is 20.3 Å². The maximum absolute atomic E-state index is 12.6. The van der Waals surface area contributed by atoms with Crippen LogP contribution in [-0.2, 0) is 16.6 Å². The maximum atomic E-state index is 12.6. The standard InChI is InChI=1S/C17H16F3NO5S/c1-21(11-12-2-7-15-16(10-12)25-9-8-24-15)27(22,23)14-5-3-13(4-6-14)26-17(18,19)20/h2-7,10H,8-9,11H2,1H3. The zero-order valence-electron chi connectivity index (χ0n) is 14.2. The van der Waals surface area contributed by atoms with E-state index >= 15 is 0 Å². The number of rotatable bonds is 5. The molecule has 0 N–H and O–H groups in total. The molecule has 0 saturated heterocycles. The summed E-state index contributed by atoms with van der Waals surface area (Å²) in [6.07, 6.45) is -4.84. The molecule has 10 heteroatoms. The van der Waals surface area contributed by atoms with E-state index in [9.17, 15) is 21.6 Å². The SMILES string of the molecule is CN(Cc1ccc2c(c1)OCCO2)S(=O)(=O)c1ccc(OC(F)(F)F)cc1. The topological polar surface area (TPSA) is 65.1 Å². The van der Waals surface area contributed by atoms with Gasteiger partial charge in [0, 0.05) is 13.6 Å². The van der Waals surface area contributed by atoms with Crippen LogP contribution in [0.5, 0.6) is 17.2 Å². The van der Waals surface area contributed by atoms with Gasteiger partial charge in [-0.1, -0.05) is 6.07 Å². The average Bonchev–Trinajstić information content (AvgIpc) is 2.60. The van der Waals surface area contributed by atoms with Crippen LogP contribution in [-0.4, -0.2) is 39.3 Å². The molecule has 0 aromatic heterocycles. The average molecular weight is 403 g/mol. The Morgan fingerprint density at radius 3 is 2.30 bits per heavy atom. The predicted octanol–water partition coefficient (Wildman–Crippen LogP) is 3.18. The first kappa shape index (κ1) is 19.3. The van der Waals surface area contributed by atoms with Gasteiger partial charge in [-0.05, 0) is 42.0 Å². The first-order valence-electron chi connectivity index (χ1n) is 7.86. The van der Waals surface area contributed by atoms with Crippen LogP contribution in [0.4, 0.5) is 13.2 Å². The van der Waals surface area contributed by atoms with Gasteiger partial charge in [0.15, 0.2) is 11.5 Å². The number of hydrogen-bond acceptors (Lipinski definition) is 5. The number of sulfonamides is 1. The van der Waals surface area contributed by atoms with Gasteiger partial charge < -0.3 is 14.2 Å². The quantitative estimate of drug-likeness (QED) is 0.767. The zero-order valence-corrected chi connectivity index (χ0v) is 15.0. The van der Waals surface area contributed by atoms with Gasteiger partial charge in [-0.3, -0.25) is 0 Å². The fraction of sp³-hybridized carbons (Fsp3) is 0.294. The number of alkyl halides is 3. The van der Waals surface area contributed by atoms with E-state index in [1.165, 1.54) is 7.05 Å². The molecule has 0 radical (unpaired) electrons. The normalized spacial score (nSPS) is 14.3. The summed E-state index contributed by atoms with van der Waals surface area (Å²) in [5, 5.41) is 0. The lowest BCUT2D eigenvalue weighted by Gasteiger charge is -2.21. The van der Waals surface area contributed by atoms with Crippen molar-refractivity contribution < 1.29 is 35.8 Å². The smallest absolute Gasteiger partial charge is 0.486 e. The summed E-state index contributed by atoms with van der Waals surface area (Å²) >= 11 is 0. The van der Waals surface area contributed by atoms with E-state index < -0.39 is 22.1 Å². The molecule has 3 rings (SSSR count). The van der Waals surface area contributed by atoms with Crippen LogP contribution in [0.1, 0.15) is 5.56 Å². The molecule has 2 aromatic carbocycles. The number of hydrogen-bond donors (Lipinski definition) is 0. The minimum atomic E-state index is -4.84. The van der Waals surface area contributed by atoms with Crippen LogP contribution in [0.2, 0.25) is 0 Å². The number of halogens is 3.